The largest absolute Gasteiger partial charge is 0.494 e. The van der Waals surface area contributed by atoms with Crippen LogP contribution in [0.25, 0.3) is 0 Å². The lowest BCUT2D eigenvalue weighted by atomic mass is 9.79. The van der Waals surface area contributed by atoms with Gasteiger partial charge in [0.05, 0.1) is 23.7 Å². The van der Waals surface area contributed by atoms with Gasteiger partial charge in [-0.3, -0.25) is 0 Å². The van der Waals surface area contributed by atoms with Crippen molar-refractivity contribution in [1.29, 1.82) is 0 Å². The second-order valence-electron chi connectivity index (χ2n) is 8.78. The number of hydrogen-bond donors (Lipinski definition) is 2. The summed E-state index contributed by atoms with van der Waals surface area (Å²) in [7, 11) is -2.06. The number of aryl methyl sites for hydroxylation is 1. The predicted octanol–water partition coefficient (Wildman–Crippen LogP) is 2.95. The minimum Gasteiger partial charge on any atom is -0.494 e. The lowest BCUT2D eigenvalue weighted by molar-refractivity contribution is 0.0299. The van der Waals surface area contributed by atoms with E-state index < -0.39 is 22.0 Å². The van der Waals surface area contributed by atoms with Crippen LogP contribution < -0.4 is 4.74 Å². The SMILES string of the molecule is COC(C)CCCOc1ccc([C@H]2[C@H](CO)CN(S(=O)(=O)c3ccc(C)cc3)C[C@@H]2O)cc1. The van der Waals surface area contributed by atoms with Gasteiger partial charge in [0, 0.05) is 38.6 Å². The summed E-state index contributed by atoms with van der Waals surface area (Å²) < 4.78 is 38.5. The molecule has 0 aliphatic carbocycles. The van der Waals surface area contributed by atoms with Crippen molar-refractivity contribution in [2.24, 2.45) is 5.92 Å². The third-order valence-electron chi connectivity index (χ3n) is 6.34. The number of nitrogens with zero attached hydrogens (tertiary/aromatic N) is 1. The molecule has 3 rings (SSSR count). The van der Waals surface area contributed by atoms with E-state index in [-0.39, 0.29) is 36.6 Å². The van der Waals surface area contributed by atoms with E-state index in [2.05, 4.69) is 0 Å². The molecule has 2 N–H and O–H groups in total. The summed E-state index contributed by atoms with van der Waals surface area (Å²) in [5.41, 5.74) is 1.83. The minimum atomic E-state index is -3.75. The average Bonchev–Trinajstić information content (AvgIpc) is 2.81. The molecule has 4 atom stereocenters. The molecular formula is C25H35NO6S. The minimum absolute atomic E-state index is 0.0205. The molecule has 0 bridgehead atoms. The van der Waals surface area contributed by atoms with Gasteiger partial charge in [-0.1, -0.05) is 29.8 Å². The van der Waals surface area contributed by atoms with Crippen molar-refractivity contribution in [3.05, 3.63) is 59.7 Å². The van der Waals surface area contributed by atoms with Gasteiger partial charge in [0.2, 0.25) is 10.0 Å². The summed E-state index contributed by atoms with van der Waals surface area (Å²) in [6.07, 6.45) is 1.07. The summed E-state index contributed by atoms with van der Waals surface area (Å²) in [5.74, 6) is -0.0504. The molecule has 33 heavy (non-hydrogen) atoms. The second-order valence-corrected chi connectivity index (χ2v) is 10.7. The maximum atomic E-state index is 13.1. The molecule has 1 heterocycles. The van der Waals surface area contributed by atoms with E-state index in [4.69, 9.17) is 9.47 Å². The Balaban J connectivity index is 1.67. The topological polar surface area (TPSA) is 96.3 Å². The first-order valence-corrected chi connectivity index (χ1v) is 12.8. The Labute approximate surface area is 197 Å². The molecule has 0 radical (unpaired) electrons. The van der Waals surface area contributed by atoms with E-state index in [1.807, 2.05) is 38.1 Å². The summed E-state index contributed by atoms with van der Waals surface area (Å²) in [6, 6.07) is 14.1. The van der Waals surface area contributed by atoms with Gasteiger partial charge in [0.1, 0.15) is 5.75 Å². The molecule has 7 nitrogen and oxygen atoms in total. The highest BCUT2D eigenvalue weighted by molar-refractivity contribution is 7.89. The Morgan fingerprint density at radius 3 is 2.36 bits per heavy atom. The zero-order valence-corrected chi connectivity index (χ0v) is 20.4. The third kappa shape index (κ3) is 6.33. The molecule has 0 saturated carbocycles. The molecule has 0 spiro atoms. The molecule has 1 aliphatic rings. The molecule has 0 aromatic heterocycles. The summed E-state index contributed by atoms with van der Waals surface area (Å²) in [4.78, 5) is 0.192. The number of methoxy groups -OCH3 is 1. The van der Waals surface area contributed by atoms with Crippen molar-refractivity contribution in [1.82, 2.24) is 4.31 Å². The molecule has 2 aromatic rings. The zero-order valence-electron chi connectivity index (χ0n) is 19.6. The van der Waals surface area contributed by atoms with Crippen LogP contribution >= 0.6 is 0 Å². The number of ether oxygens (including phenoxy) is 2. The van der Waals surface area contributed by atoms with Crippen LogP contribution in [0.5, 0.6) is 5.75 Å². The smallest absolute Gasteiger partial charge is 0.243 e. The van der Waals surface area contributed by atoms with Crippen LogP contribution in [0.1, 0.15) is 36.8 Å². The fourth-order valence-electron chi connectivity index (χ4n) is 4.27. The van der Waals surface area contributed by atoms with Crippen molar-refractivity contribution < 1.29 is 28.1 Å². The molecule has 182 valence electrons. The summed E-state index contributed by atoms with van der Waals surface area (Å²) in [5, 5.41) is 20.9. The molecule has 2 aromatic carbocycles. The van der Waals surface area contributed by atoms with Gasteiger partial charge in [0.15, 0.2) is 0 Å². The van der Waals surface area contributed by atoms with Crippen molar-refractivity contribution >= 4 is 10.0 Å². The number of sulfonamides is 1. The van der Waals surface area contributed by atoms with Gasteiger partial charge in [-0.2, -0.15) is 4.31 Å². The molecule has 8 heteroatoms. The highest BCUT2D eigenvalue weighted by Gasteiger charge is 2.41. The van der Waals surface area contributed by atoms with Crippen LogP contribution in [0.3, 0.4) is 0 Å². The Hall–Kier alpha value is -1.97. The van der Waals surface area contributed by atoms with Gasteiger partial charge in [-0.05, 0) is 56.5 Å². The average molecular weight is 478 g/mol. The number of aliphatic hydroxyl groups excluding tert-OH is 2. The van der Waals surface area contributed by atoms with Crippen molar-refractivity contribution in [2.45, 2.75) is 49.7 Å². The molecule has 1 aliphatic heterocycles. The van der Waals surface area contributed by atoms with Crippen LogP contribution in [0.2, 0.25) is 0 Å². The lowest BCUT2D eigenvalue weighted by Gasteiger charge is -2.40. The Morgan fingerprint density at radius 2 is 1.76 bits per heavy atom. The fraction of sp³-hybridized carbons (Fsp3) is 0.520. The molecule has 1 fully saturated rings. The van der Waals surface area contributed by atoms with Gasteiger partial charge < -0.3 is 19.7 Å². The number of β-amino-alcohol motifs (C(OH)–C–C–N with tert-alkyl or cyclic N) is 1. The monoisotopic (exact) mass is 477 g/mol. The third-order valence-corrected chi connectivity index (χ3v) is 8.18. The van der Waals surface area contributed by atoms with E-state index in [1.165, 1.54) is 4.31 Å². The van der Waals surface area contributed by atoms with Crippen LogP contribution in [-0.2, 0) is 14.8 Å². The lowest BCUT2D eigenvalue weighted by Crippen LogP contribution is -2.51. The highest BCUT2D eigenvalue weighted by atomic mass is 32.2. The number of hydrogen-bond acceptors (Lipinski definition) is 6. The first kappa shape index (κ1) is 25.6. The van der Waals surface area contributed by atoms with Crippen molar-refractivity contribution in [3.8, 4) is 5.75 Å². The summed E-state index contributed by atoms with van der Waals surface area (Å²) in [6.45, 7) is 4.40. The Bertz CT molecular complexity index is 977. The van der Waals surface area contributed by atoms with E-state index >= 15 is 0 Å². The van der Waals surface area contributed by atoms with E-state index in [0.29, 0.717) is 6.61 Å². The van der Waals surface area contributed by atoms with Crippen molar-refractivity contribution in [3.63, 3.8) is 0 Å². The zero-order chi connectivity index (χ0) is 24.0. The van der Waals surface area contributed by atoms with Crippen LogP contribution in [0.4, 0.5) is 0 Å². The van der Waals surface area contributed by atoms with Gasteiger partial charge in [-0.15, -0.1) is 0 Å². The van der Waals surface area contributed by atoms with Gasteiger partial charge in [-0.25, -0.2) is 8.42 Å². The Kier molecular flexibility index (Phi) is 8.89. The van der Waals surface area contributed by atoms with Crippen LogP contribution in [0.15, 0.2) is 53.4 Å². The number of aliphatic hydroxyl groups is 2. The highest BCUT2D eigenvalue weighted by Crippen LogP contribution is 2.36. The fourth-order valence-corrected chi connectivity index (χ4v) is 5.79. The normalized spacial score (nSPS) is 22.8. The second kappa shape index (κ2) is 11.4. The van der Waals surface area contributed by atoms with Crippen LogP contribution in [-0.4, -0.2) is 68.6 Å². The van der Waals surface area contributed by atoms with E-state index in [9.17, 15) is 18.6 Å². The number of benzene rings is 2. The molecular weight excluding hydrogens is 442 g/mol. The standard InChI is InChI=1S/C25H35NO6S/c1-18-6-12-23(13-7-18)33(29,30)26-15-21(17-27)25(24(28)16-26)20-8-10-22(11-9-20)32-14-4-5-19(2)31-3/h6-13,19,21,24-25,27-28H,4-5,14-17H2,1-3H3/t19?,21-,24-,25-/m0/s1. The van der Waals surface area contributed by atoms with Crippen LogP contribution in [0, 0.1) is 12.8 Å². The van der Waals surface area contributed by atoms with E-state index in [0.717, 1.165) is 29.7 Å². The first-order valence-electron chi connectivity index (χ1n) is 11.4. The van der Waals surface area contributed by atoms with E-state index in [1.54, 1.807) is 31.4 Å². The van der Waals surface area contributed by atoms with Crippen molar-refractivity contribution in [2.75, 3.05) is 33.4 Å². The first-order chi connectivity index (χ1) is 15.8. The maximum Gasteiger partial charge on any atom is 0.243 e. The Morgan fingerprint density at radius 1 is 1.09 bits per heavy atom. The summed E-state index contributed by atoms with van der Waals surface area (Å²) >= 11 is 0. The molecule has 1 saturated heterocycles. The number of piperidine rings is 1. The number of rotatable bonds is 10. The maximum absolute atomic E-state index is 13.1. The van der Waals surface area contributed by atoms with Gasteiger partial charge >= 0.3 is 0 Å². The predicted molar refractivity (Wildman–Crippen MR) is 127 cm³/mol. The molecule has 1 unspecified atom stereocenters. The quantitative estimate of drug-likeness (QED) is 0.511. The van der Waals surface area contributed by atoms with Gasteiger partial charge in [0.25, 0.3) is 0 Å². The molecule has 0 amide bonds.